The number of anilines is 2. The van der Waals surface area contributed by atoms with Crippen LogP contribution in [0.15, 0.2) is 66.7 Å². The van der Waals surface area contributed by atoms with Gasteiger partial charge >= 0.3 is 0 Å². The van der Waals surface area contributed by atoms with Gasteiger partial charge in [0.15, 0.2) is 6.61 Å². The lowest BCUT2D eigenvalue weighted by atomic mass is 10.0. The van der Waals surface area contributed by atoms with E-state index in [1.165, 1.54) is 0 Å². The monoisotopic (exact) mass is 623 g/mol. The number of nitrogens with zero attached hydrogens (tertiary/aromatic N) is 2. The number of unbranched alkanes of at least 4 members (excludes halogenated alkanes) is 2. The summed E-state index contributed by atoms with van der Waals surface area (Å²) in [5.41, 5.74) is 9.59. The second-order valence-corrected chi connectivity index (χ2v) is 12.5. The van der Waals surface area contributed by atoms with Crippen LogP contribution in [0, 0.1) is 0 Å². The molecule has 0 atom stereocenters. The molecule has 1 heterocycles. The number of benzene rings is 3. The van der Waals surface area contributed by atoms with Crippen molar-refractivity contribution in [3.8, 4) is 5.75 Å². The fraction of sp³-hybridized carbons (Fsp3) is 0.389. The molecule has 2 aliphatic carbocycles. The van der Waals surface area contributed by atoms with Gasteiger partial charge in [0.2, 0.25) is 5.91 Å². The first-order valence-corrected chi connectivity index (χ1v) is 16.1. The molecule has 240 valence electrons. The SMILES string of the molecule is CN(C(=O)CCCCCN)C1(c2ccc(NC(=O)c3ccc(CN(C(=O)c4ccc5c(c4)OCC(=O)N5)C4CC4)cc3)cc2)CC1. The summed E-state index contributed by atoms with van der Waals surface area (Å²) >= 11 is 0. The molecule has 1 aliphatic heterocycles. The molecule has 46 heavy (non-hydrogen) atoms. The van der Waals surface area contributed by atoms with Gasteiger partial charge in [-0.25, -0.2) is 0 Å². The highest BCUT2D eigenvalue weighted by Crippen LogP contribution is 2.50. The molecular weight excluding hydrogens is 582 g/mol. The van der Waals surface area contributed by atoms with Crippen molar-refractivity contribution in [3.05, 3.63) is 89.0 Å². The van der Waals surface area contributed by atoms with Crippen LogP contribution in [0.4, 0.5) is 11.4 Å². The van der Waals surface area contributed by atoms with Gasteiger partial charge in [-0.3, -0.25) is 19.2 Å². The Bertz CT molecular complexity index is 1610. The Morgan fingerprint density at radius 2 is 1.67 bits per heavy atom. The molecular formula is C36H41N5O5. The predicted octanol–water partition coefficient (Wildman–Crippen LogP) is 5.04. The maximum absolute atomic E-state index is 13.5. The van der Waals surface area contributed by atoms with Gasteiger partial charge in [0.05, 0.1) is 11.2 Å². The summed E-state index contributed by atoms with van der Waals surface area (Å²) < 4.78 is 5.50. The molecule has 3 aliphatic rings. The van der Waals surface area contributed by atoms with Crippen molar-refractivity contribution in [3.63, 3.8) is 0 Å². The lowest BCUT2D eigenvalue weighted by molar-refractivity contribution is -0.133. The van der Waals surface area contributed by atoms with Crippen LogP contribution in [0.1, 0.15) is 83.2 Å². The zero-order valence-electron chi connectivity index (χ0n) is 26.2. The van der Waals surface area contributed by atoms with Gasteiger partial charge in [0, 0.05) is 42.9 Å². The maximum Gasteiger partial charge on any atom is 0.262 e. The first kappa shape index (κ1) is 31.3. The normalized spacial score (nSPS) is 16.0. The molecule has 3 aromatic carbocycles. The number of rotatable bonds is 13. The maximum atomic E-state index is 13.5. The van der Waals surface area contributed by atoms with Gasteiger partial charge in [-0.15, -0.1) is 0 Å². The summed E-state index contributed by atoms with van der Waals surface area (Å²) in [6.45, 7) is 1.01. The molecule has 4 amide bonds. The summed E-state index contributed by atoms with van der Waals surface area (Å²) in [7, 11) is 1.89. The topological polar surface area (TPSA) is 134 Å². The first-order valence-electron chi connectivity index (χ1n) is 16.1. The lowest BCUT2D eigenvalue weighted by Gasteiger charge is -2.29. The number of ether oxygens (including phenoxy) is 1. The predicted molar refractivity (Wildman–Crippen MR) is 176 cm³/mol. The second-order valence-electron chi connectivity index (χ2n) is 12.5. The summed E-state index contributed by atoms with van der Waals surface area (Å²) in [5.74, 6) is 0.115. The third-order valence-electron chi connectivity index (χ3n) is 9.19. The van der Waals surface area contributed by atoms with Crippen molar-refractivity contribution >= 4 is 35.0 Å². The lowest BCUT2D eigenvalue weighted by Crippen LogP contribution is -2.37. The quantitative estimate of drug-likeness (QED) is 0.229. The van der Waals surface area contributed by atoms with Crippen molar-refractivity contribution < 1.29 is 23.9 Å². The Hall–Kier alpha value is -4.70. The largest absolute Gasteiger partial charge is 0.482 e. The van der Waals surface area contributed by atoms with Crippen LogP contribution in [0.2, 0.25) is 0 Å². The van der Waals surface area contributed by atoms with E-state index in [0.717, 1.165) is 56.1 Å². The average molecular weight is 624 g/mol. The van der Waals surface area contributed by atoms with Crippen molar-refractivity contribution in [2.45, 2.75) is 69.5 Å². The number of hydrogen-bond acceptors (Lipinski definition) is 6. The number of carbonyl (C=O) groups is 4. The van der Waals surface area contributed by atoms with Crippen LogP contribution in [-0.2, 0) is 21.7 Å². The smallest absolute Gasteiger partial charge is 0.262 e. The Morgan fingerprint density at radius 1 is 0.957 bits per heavy atom. The number of amides is 4. The minimum absolute atomic E-state index is 0.0702. The van der Waals surface area contributed by atoms with Crippen molar-refractivity contribution in [1.29, 1.82) is 0 Å². The van der Waals surface area contributed by atoms with E-state index in [1.54, 1.807) is 30.3 Å². The second kappa shape index (κ2) is 13.3. The fourth-order valence-electron chi connectivity index (χ4n) is 6.09. The molecule has 4 N–H and O–H groups in total. The highest BCUT2D eigenvalue weighted by molar-refractivity contribution is 6.04. The van der Waals surface area contributed by atoms with Crippen LogP contribution in [0.5, 0.6) is 5.75 Å². The molecule has 10 heteroatoms. The highest BCUT2D eigenvalue weighted by Gasteiger charge is 2.49. The number of nitrogens with one attached hydrogen (secondary N) is 2. The molecule has 3 aromatic rings. The standard InChI is InChI=1S/C36H41N5O5/c1-40(33(43)5-3-2-4-20-37)36(18-19-36)27-11-13-28(14-12-27)38-34(44)25-8-6-24(7-9-25)22-41(29-15-16-29)35(45)26-10-17-30-31(21-26)46-23-32(42)39-30/h6-14,17,21,29H,2-5,15-16,18-20,22-23,37H2,1H3,(H,38,44)(H,39,42). The zero-order chi connectivity index (χ0) is 32.3. The Kier molecular flexibility index (Phi) is 9.08. The van der Waals surface area contributed by atoms with E-state index in [-0.39, 0.29) is 41.8 Å². The van der Waals surface area contributed by atoms with Gasteiger partial charge in [0.25, 0.3) is 17.7 Å². The molecule has 0 bridgehead atoms. The molecule has 0 spiro atoms. The minimum Gasteiger partial charge on any atom is -0.482 e. The van der Waals surface area contributed by atoms with Crippen LogP contribution in [0.3, 0.4) is 0 Å². The highest BCUT2D eigenvalue weighted by atomic mass is 16.5. The molecule has 0 saturated heterocycles. The molecule has 0 unspecified atom stereocenters. The van der Waals surface area contributed by atoms with Crippen molar-refractivity contribution in [1.82, 2.24) is 9.80 Å². The average Bonchev–Trinajstić information content (AvgIpc) is 4.01. The third kappa shape index (κ3) is 6.92. The fourth-order valence-corrected chi connectivity index (χ4v) is 6.09. The van der Waals surface area contributed by atoms with Crippen LogP contribution in [-0.4, -0.2) is 59.7 Å². The summed E-state index contributed by atoms with van der Waals surface area (Å²) in [5, 5.41) is 5.72. The van der Waals surface area contributed by atoms with E-state index < -0.39 is 0 Å². The van der Waals surface area contributed by atoms with E-state index in [1.807, 2.05) is 53.2 Å². The number of carbonyl (C=O) groups excluding carboxylic acids is 4. The summed E-state index contributed by atoms with van der Waals surface area (Å²) in [6.07, 6.45) is 7.06. The summed E-state index contributed by atoms with van der Waals surface area (Å²) in [6, 6.07) is 20.3. The molecule has 6 rings (SSSR count). The number of hydrogen-bond donors (Lipinski definition) is 3. The summed E-state index contributed by atoms with van der Waals surface area (Å²) in [4.78, 5) is 54.7. The molecule has 0 radical (unpaired) electrons. The van der Waals surface area contributed by atoms with E-state index in [2.05, 4.69) is 10.6 Å². The van der Waals surface area contributed by atoms with Gasteiger partial charge in [-0.05, 0) is 98.7 Å². The van der Waals surface area contributed by atoms with Gasteiger partial charge in [0.1, 0.15) is 5.75 Å². The third-order valence-corrected chi connectivity index (χ3v) is 9.19. The van der Waals surface area contributed by atoms with Gasteiger partial charge in [-0.2, -0.15) is 0 Å². The van der Waals surface area contributed by atoms with Crippen molar-refractivity contribution in [2.75, 3.05) is 30.8 Å². The molecule has 2 saturated carbocycles. The Balaban J connectivity index is 1.05. The first-order chi connectivity index (χ1) is 22.3. The van der Waals surface area contributed by atoms with Crippen LogP contribution in [0.25, 0.3) is 0 Å². The molecule has 10 nitrogen and oxygen atoms in total. The molecule has 0 aromatic heterocycles. The van der Waals surface area contributed by atoms with E-state index >= 15 is 0 Å². The van der Waals surface area contributed by atoms with Crippen LogP contribution < -0.4 is 21.1 Å². The zero-order valence-corrected chi connectivity index (χ0v) is 26.2. The van der Waals surface area contributed by atoms with Gasteiger partial charge in [-0.1, -0.05) is 30.7 Å². The minimum atomic E-state index is -0.260. The van der Waals surface area contributed by atoms with E-state index in [0.29, 0.717) is 47.8 Å². The number of nitrogens with two attached hydrogens (primary N) is 1. The number of fused-ring (bicyclic) bond motifs is 1. The van der Waals surface area contributed by atoms with Crippen molar-refractivity contribution in [2.24, 2.45) is 5.73 Å². The van der Waals surface area contributed by atoms with Crippen LogP contribution >= 0.6 is 0 Å². The molecule has 2 fully saturated rings. The Morgan fingerprint density at radius 3 is 2.35 bits per heavy atom. The Labute approximate surface area is 269 Å². The van der Waals surface area contributed by atoms with E-state index in [9.17, 15) is 19.2 Å². The van der Waals surface area contributed by atoms with Gasteiger partial charge < -0.3 is 30.9 Å². The van der Waals surface area contributed by atoms with E-state index in [4.69, 9.17) is 10.5 Å².